The average Bonchev–Trinajstić information content (AvgIpc) is 2.78. The molecule has 0 bridgehead atoms. The van der Waals surface area contributed by atoms with Gasteiger partial charge in [0.25, 0.3) is 5.91 Å². The summed E-state index contributed by atoms with van der Waals surface area (Å²) in [6.07, 6.45) is -2.74. The maximum absolute atomic E-state index is 12.5. The average molecular weight is 380 g/mol. The standard InChI is InChI=1S/C15H17ClF3N3O3/c1-10(23)21-3-2-4-22(6-5-21)14(24)11-7-12(16)13(20-8-11)25-9-15(17,18)19/h7-8H,2-6,9H2,1H3. The molecule has 0 aliphatic carbocycles. The van der Waals surface area contributed by atoms with E-state index in [1.54, 1.807) is 9.80 Å². The number of alkyl halides is 3. The number of carbonyl (C=O) groups excluding carboxylic acids is 2. The lowest BCUT2D eigenvalue weighted by molar-refractivity contribution is -0.154. The molecular weight excluding hydrogens is 363 g/mol. The number of amides is 2. The molecule has 2 amide bonds. The van der Waals surface area contributed by atoms with E-state index in [0.29, 0.717) is 32.6 Å². The molecule has 25 heavy (non-hydrogen) atoms. The van der Waals surface area contributed by atoms with Crippen LogP contribution in [0.2, 0.25) is 5.02 Å². The Morgan fingerprint density at radius 3 is 2.48 bits per heavy atom. The minimum absolute atomic E-state index is 0.0508. The molecule has 1 saturated heterocycles. The molecule has 10 heteroatoms. The Balaban J connectivity index is 2.04. The van der Waals surface area contributed by atoms with Crippen LogP contribution in [0.5, 0.6) is 5.88 Å². The summed E-state index contributed by atoms with van der Waals surface area (Å²) >= 11 is 5.86. The van der Waals surface area contributed by atoms with Crippen molar-refractivity contribution in [2.75, 3.05) is 32.8 Å². The lowest BCUT2D eigenvalue weighted by Gasteiger charge is -2.21. The van der Waals surface area contributed by atoms with E-state index < -0.39 is 12.8 Å². The second-order valence-electron chi connectivity index (χ2n) is 5.57. The van der Waals surface area contributed by atoms with Crippen LogP contribution < -0.4 is 4.74 Å². The maximum Gasteiger partial charge on any atom is 0.422 e. The van der Waals surface area contributed by atoms with E-state index in [0.717, 1.165) is 6.20 Å². The third kappa shape index (κ3) is 5.48. The highest BCUT2D eigenvalue weighted by molar-refractivity contribution is 6.32. The van der Waals surface area contributed by atoms with Gasteiger partial charge in [0.15, 0.2) is 6.61 Å². The molecule has 1 fully saturated rings. The number of carbonyl (C=O) groups is 2. The van der Waals surface area contributed by atoms with Crippen LogP contribution in [0, 0.1) is 0 Å². The van der Waals surface area contributed by atoms with Crippen LogP contribution in [0.4, 0.5) is 13.2 Å². The first kappa shape index (κ1) is 19.3. The normalized spacial score (nSPS) is 15.7. The molecule has 6 nitrogen and oxygen atoms in total. The second-order valence-corrected chi connectivity index (χ2v) is 5.97. The first-order chi connectivity index (χ1) is 11.7. The number of hydrogen-bond donors (Lipinski definition) is 0. The van der Waals surface area contributed by atoms with E-state index in [2.05, 4.69) is 9.72 Å². The van der Waals surface area contributed by atoms with Gasteiger partial charge in [-0.15, -0.1) is 0 Å². The summed E-state index contributed by atoms with van der Waals surface area (Å²) in [4.78, 5) is 30.8. The van der Waals surface area contributed by atoms with Crippen molar-refractivity contribution < 1.29 is 27.5 Å². The Morgan fingerprint density at radius 1 is 1.24 bits per heavy atom. The molecule has 0 radical (unpaired) electrons. The SMILES string of the molecule is CC(=O)N1CCCN(C(=O)c2cnc(OCC(F)(F)F)c(Cl)c2)CC1. The van der Waals surface area contributed by atoms with E-state index in [1.807, 2.05) is 0 Å². The fourth-order valence-electron chi connectivity index (χ4n) is 2.42. The highest BCUT2D eigenvalue weighted by Crippen LogP contribution is 2.25. The summed E-state index contributed by atoms with van der Waals surface area (Å²) in [6.45, 7) is 1.78. The van der Waals surface area contributed by atoms with Gasteiger partial charge in [-0.2, -0.15) is 13.2 Å². The Kier molecular flexibility index (Phi) is 6.10. The first-order valence-corrected chi connectivity index (χ1v) is 7.95. The Bertz CT molecular complexity index is 655. The van der Waals surface area contributed by atoms with Crippen molar-refractivity contribution in [3.8, 4) is 5.88 Å². The van der Waals surface area contributed by atoms with Crippen molar-refractivity contribution >= 4 is 23.4 Å². The van der Waals surface area contributed by atoms with Gasteiger partial charge >= 0.3 is 6.18 Å². The Labute approximate surface area is 147 Å². The summed E-state index contributed by atoms with van der Waals surface area (Å²) in [5.74, 6) is -0.776. The third-order valence-electron chi connectivity index (χ3n) is 3.66. The molecule has 0 atom stereocenters. The number of pyridine rings is 1. The van der Waals surface area contributed by atoms with Crippen LogP contribution >= 0.6 is 11.6 Å². The van der Waals surface area contributed by atoms with E-state index in [-0.39, 0.29) is 28.3 Å². The molecule has 0 N–H and O–H groups in total. The number of hydrogen-bond acceptors (Lipinski definition) is 4. The molecule has 0 spiro atoms. The molecule has 1 aliphatic rings. The van der Waals surface area contributed by atoms with Crippen LogP contribution in [0.1, 0.15) is 23.7 Å². The molecule has 138 valence electrons. The van der Waals surface area contributed by atoms with E-state index in [1.165, 1.54) is 13.0 Å². The highest BCUT2D eigenvalue weighted by atomic mass is 35.5. The Hall–Kier alpha value is -2.03. The predicted octanol–water partition coefficient (Wildman–Crippen LogP) is 2.37. The molecule has 2 rings (SSSR count). The number of halogens is 4. The van der Waals surface area contributed by atoms with Gasteiger partial charge in [0.05, 0.1) is 5.56 Å². The molecule has 0 unspecified atom stereocenters. The van der Waals surface area contributed by atoms with Crippen molar-refractivity contribution in [1.82, 2.24) is 14.8 Å². The van der Waals surface area contributed by atoms with Gasteiger partial charge in [0.2, 0.25) is 11.8 Å². The van der Waals surface area contributed by atoms with E-state index >= 15 is 0 Å². The molecule has 0 aromatic carbocycles. The number of aromatic nitrogens is 1. The minimum atomic E-state index is -4.51. The maximum atomic E-state index is 12.5. The smallest absolute Gasteiger partial charge is 0.422 e. The van der Waals surface area contributed by atoms with Crippen LogP contribution in [0.25, 0.3) is 0 Å². The summed E-state index contributed by atoms with van der Waals surface area (Å²) in [5, 5.41) is -0.171. The Morgan fingerprint density at radius 2 is 1.88 bits per heavy atom. The largest absolute Gasteiger partial charge is 0.467 e. The summed E-state index contributed by atoms with van der Waals surface area (Å²) < 4.78 is 41.0. The lowest BCUT2D eigenvalue weighted by Crippen LogP contribution is -2.36. The summed E-state index contributed by atoms with van der Waals surface area (Å²) in [7, 11) is 0. The zero-order chi connectivity index (χ0) is 18.6. The molecule has 1 aliphatic heterocycles. The molecule has 1 aromatic rings. The van der Waals surface area contributed by atoms with Crippen molar-refractivity contribution in [3.63, 3.8) is 0 Å². The number of ether oxygens (including phenoxy) is 1. The topological polar surface area (TPSA) is 62.7 Å². The second kappa shape index (κ2) is 7.90. The molecule has 2 heterocycles. The van der Waals surface area contributed by atoms with Crippen LogP contribution in [-0.2, 0) is 4.79 Å². The first-order valence-electron chi connectivity index (χ1n) is 7.57. The van der Waals surface area contributed by atoms with Gasteiger partial charge in [-0.3, -0.25) is 9.59 Å². The van der Waals surface area contributed by atoms with Crippen LogP contribution in [0.15, 0.2) is 12.3 Å². The van der Waals surface area contributed by atoms with Crippen LogP contribution in [0.3, 0.4) is 0 Å². The van der Waals surface area contributed by atoms with Crippen molar-refractivity contribution in [3.05, 3.63) is 22.8 Å². The molecular formula is C15H17ClF3N3O3. The number of rotatable bonds is 3. The van der Waals surface area contributed by atoms with Crippen molar-refractivity contribution in [2.45, 2.75) is 19.5 Å². The zero-order valence-electron chi connectivity index (χ0n) is 13.5. The molecule has 0 saturated carbocycles. The monoisotopic (exact) mass is 379 g/mol. The predicted molar refractivity (Wildman–Crippen MR) is 83.6 cm³/mol. The van der Waals surface area contributed by atoms with E-state index in [4.69, 9.17) is 11.6 Å². The number of nitrogens with zero attached hydrogens (tertiary/aromatic N) is 3. The summed E-state index contributed by atoms with van der Waals surface area (Å²) in [5.41, 5.74) is 0.153. The zero-order valence-corrected chi connectivity index (χ0v) is 14.2. The fourth-order valence-corrected chi connectivity index (χ4v) is 2.64. The van der Waals surface area contributed by atoms with Crippen LogP contribution in [-0.4, -0.2) is 65.6 Å². The van der Waals surface area contributed by atoms with Gasteiger partial charge in [-0.05, 0) is 12.5 Å². The van der Waals surface area contributed by atoms with Gasteiger partial charge in [-0.25, -0.2) is 4.98 Å². The van der Waals surface area contributed by atoms with Gasteiger partial charge in [-0.1, -0.05) is 11.6 Å². The van der Waals surface area contributed by atoms with Crippen molar-refractivity contribution in [2.24, 2.45) is 0 Å². The lowest BCUT2D eigenvalue weighted by atomic mass is 10.2. The quantitative estimate of drug-likeness (QED) is 0.809. The summed E-state index contributed by atoms with van der Waals surface area (Å²) in [6, 6.07) is 1.23. The van der Waals surface area contributed by atoms with E-state index in [9.17, 15) is 22.8 Å². The minimum Gasteiger partial charge on any atom is -0.467 e. The van der Waals surface area contributed by atoms with Gasteiger partial charge in [0, 0.05) is 39.3 Å². The highest BCUT2D eigenvalue weighted by Gasteiger charge is 2.29. The molecule has 1 aromatic heterocycles. The fraction of sp³-hybridized carbons (Fsp3) is 0.533. The third-order valence-corrected chi connectivity index (χ3v) is 3.93. The van der Waals surface area contributed by atoms with Crippen molar-refractivity contribution in [1.29, 1.82) is 0 Å². The van der Waals surface area contributed by atoms with Gasteiger partial charge < -0.3 is 14.5 Å². The van der Waals surface area contributed by atoms with Gasteiger partial charge in [0.1, 0.15) is 5.02 Å².